The van der Waals surface area contributed by atoms with E-state index in [1.54, 1.807) is 6.07 Å². The quantitative estimate of drug-likeness (QED) is 0.603. The summed E-state index contributed by atoms with van der Waals surface area (Å²) in [6.07, 6.45) is 4.83. The number of nitrogens with zero attached hydrogens (tertiary/aromatic N) is 3. The van der Waals surface area contributed by atoms with Crippen molar-refractivity contribution in [1.82, 2.24) is 9.55 Å². The molecule has 2 aromatic rings. The third-order valence-corrected chi connectivity index (χ3v) is 4.62. The summed E-state index contributed by atoms with van der Waals surface area (Å²) in [6, 6.07) is 5.40. The van der Waals surface area contributed by atoms with E-state index < -0.39 is 5.82 Å². The summed E-state index contributed by atoms with van der Waals surface area (Å²) in [5.74, 6) is 0.793. The predicted molar refractivity (Wildman–Crippen MR) is 113 cm³/mol. The summed E-state index contributed by atoms with van der Waals surface area (Å²) in [5.41, 5.74) is 1.67. The lowest BCUT2D eigenvalue weighted by Gasteiger charge is -2.28. The molecule has 1 aliphatic rings. The van der Waals surface area contributed by atoms with Gasteiger partial charge in [-0.25, -0.2) is 9.37 Å². The van der Waals surface area contributed by atoms with Crippen LogP contribution < -0.4 is 0 Å². The Morgan fingerprint density at radius 3 is 2.32 bits per heavy atom. The summed E-state index contributed by atoms with van der Waals surface area (Å²) in [5, 5.41) is 8.88. The van der Waals surface area contributed by atoms with Crippen LogP contribution in [0.2, 0.25) is 0 Å². The maximum absolute atomic E-state index is 13.8. The van der Waals surface area contributed by atoms with Crippen LogP contribution in [0, 0.1) is 29.5 Å². The van der Waals surface area contributed by atoms with Crippen LogP contribution in [0.4, 0.5) is 4.39 Å². The van der Waals surface area contributed by atoms with Gasteiger partial charge in [0, 0.05) is 18.9 Å². The van der Waals surface area contributed by atoms with Gasteiger partial charge >= 0.3 is 0 Å². The van der Waals surface area contributed by atoms with Gasteiger partial charge < -0.3 is 4.57 Å². The molecule has 1 saturated carbocycles. The Labute approximate surface area is 168 Å². The largest absolute Gasteiger partial charge is 0.325 e. The van der Waals surface area contributed by atoms with Crippen LogP contribution in [0.1, 0.15) is 91.1 Å². The molecule has 0 aliphatic heterocycles. The highest BCUT2D eigenvalue weighted by molar-refractivity contribution is 5.79. The fourth-order valence-electron chi connectivity index (χ4n) is 3.16. The number of hydrogen-bond acceptors (Lipinski definition) is 3. The van der Waals surface area contributed by atoms with Crippen LogP contribution in [-0.2, 0) is 4.79 Å². The van der Waals surface area contributed by atoms with E-state index in [9.17, 15) is 9.18 Å². The third kappa shape index (κ3) is 6.15. The highest BCUT2D eigenvalue weighted by Crippen LogP contribution is 2.36. The number of rotatable bonds is 3. The molecule has 1 aromatic carbocycles. The van der Waals surface area contributed by atoms with Crippen molar-refractivity contribution in [3.63, 3.8) is 0 Å². The summed E-state index contributed by atoms with van der Waals surface area (Å²) >= 11 is 0. The van der Waals surface area contributed by atoms with Crippen LogP contribution in [-0.4, -0.2) is 15.3 Å². The highest BCUT2D eigenvalue weighted by atomic mass is 19.1. The average molecular weight is 388 g/mol. The van der Waals surface area contributed by atoms with Gasteiger partial charge in [0.05, 0.1) is 17.1 Å². The molecule has 1 aliphatic carbocycles. The molecule has 1 heterocycles. The number of carbonyl (C=O) groups excluding carboxylic acids is 1. The van der Waals surface area contributed by atoms with Crippen LogP contribution in [0.3, 0.4) is 0 Å². The zero-order chi connectivity index (χ0) is 21.5. The number of Topliss-reactive ketones (excluding diaryl/α,β-unsaturated/α-hetero) is 1. The van der Waals surface area contributed by atoms with Crippen LogP contribution in [0.15, 0.2) is 12.1 Å². The number of benzene rings is 1. The van der Waals surface area contributed by atoms with Gasteiger partial charge in [-0.05, 0) is 43.7 Å². The van der Waals surface area contributed by atoms with E-state index in [1.807, 2.05) is 33.8 Å². The van der Waals surface area contributed by atoms with Gasteiger partial charge in [0.15, 0.2) is 5.82 Å². The fourth-order valence-corrected chi connectivity index (χ4v) is 3.16. The SMILES string of the molecule is CC.CCC(=O)CC(C)(C)C.Cc1nc2c(F)cc(C#N)cc2n1C1CCC1. The van der Waals surface area contributed by atoms with Crippen LogP contribution >= 0.6 is 0 Å². The van der Waals surface area contributed by atoms with Crippen LogP contribution in [0.5, 0.6) is 0 Å². The van der Waals surface area contributed by atoms with E-state index in [1.165, 1.54) is 12.5 Å². The van der Waals surface area contributed by atoms with Gasteiger partial charge in [0.25, 0.3) is 0 Å². The number of halogens is 1. The third-order valence-electron chi connectivity index (χ3n) is 4.62. The molecular weight excluding hydrogens is 353 g/mol. The molecule has 4 nitrogen and oxygen atoms in total. The maximum Gasteiger partial charge on any atom is 0.152 e. The molecule has 0 N–H and O–H groups in total. The molecule has 0 bridgehead atoms. The van der Waals surface area contributed by atoms with Gasteiger partial charge in [0.1, 0.15) is 17.1 Å². The molecule has 1 aromatic heterocycles. The molecule has 0 unspecified atom stereocenters. The van der Waals surface area contributed by atoms with Crippen molar-refractivity contribution in [3.05, 3.63) is 29.3 Å². The number of ketones is 1. The fraction of sp³-hybridized carbons (Fsp3) is 0.609. The van der Waals surface area contributed by atoms with E-state index in [-0.39, 0.29) is 5.41 Å². The van der Waals surface area contributed by atoms with Crippen molar-refractivity contribution < 1.29 is 9.18 Å². The number of nitriles is 1. The van der Waals surface area contributed by atoms with Gasteiger partial charge in [-0.3, -0.25) is 4.79 Å². The molecule has 0 atom stereocenters. The van der Waals surface area contributed by atoms with Crippen molar-refractivity contribution >= 4 is 16.8 Å². The number of aromatic nitrogens is 2. The Morgan fingerprint density at radius 1 is 1.32 bits per heavy atom. The van der Waals surface area contributed by atoms with E-state index in [0.717, 1.165) is 24.2 Å². The lowest BCUT2D eigenvalue weighted by molar-refractivity contribution is -0.120. The monoisotopic (exact) mass is 387 g/mol. The Bertz CT molecular complexity index is 836. The van der Waals surface area contributed by atoms with Crippen molar-refractivity contribution in [1.29, 1.82) is 5.26 Å². The first-order chi connectivity index (χ1) is 13.2. The minimum absolute atomic E-state index is 0.174. The molecule has 0 amide bonds. The summed E-state index contributed by atoms with van der Waals surface area (Å²) < 4.78 is 15.9. The van der Waals surface area contributed by atoms with Gasteiger partial charge in [0.2, 0.25) is 0 Å². The second-order valence-electron chi connectivity index (χ2n) is 8.18. The van der Waals surface area contributed by atoms with Gasteiger partial charge in [-0.2, -0.15) is 5.26 Å². The van der Waals surface area contributed by atoms with Gasteiger partial charge in [-0.1, -0.05) is 41.5 Å². The number of imidazole rings is 1. The standard InChI is InChI=1S/C13H12FN3.C8H16O.C2H6/c1-8-16-13-11(14)5-9(7-15)6-12(13)17(8)10-3-2-4-10;1-5-7(9)6-8(2,3)4;1-2/h5-6,10H,2-4H2,1H3;5-6H2,1-4H3;1-2H3. The topological polar surface area (TPSA) is 58.7 Å². The van der Waals surface area contributed by atoms with Crippen molar-refractivity contribution in [2.24, 2.45) is 5.41 Å². The average Bonchev–Trinajstić information content (AvgIpc) is 2.91. The molecular formula is C23H34FN3O. The van der Waals surface area contributed by atoms with Crippen LogP contribution in [0.25, 0.3) is 11.0 Å². The molecule has 1 fully saturated rings. The van der Waals surface area contributed by atoms with E-state index in [0.29, 0.717) is 35.7 Å². The van der Waals surface area contributed by atoms with E-state index in [2.05, 4.69) is 30.3 Å². The number of carbonyl (C=O) groups is 1. The van der Waals surface area contributed by atoms with Crippen molar-refractivity contribution in [3.8, 4) is 6.07 Å². The molecule has 3 rings (SSSR count). The first-order valence-electron chi connectivity index (χ1n) is 10.3. The Hall–Kier alpha value is -2.22. The molecule has 0 spiro atoms. The molecule has 28 heavy (non-hydrogen) atoms. The van der Waals surface area contributed by atoms with E-state index in [4.69, 9.17) is 5.26 Å². The summed E-state index contributed by atoms with van der Waals surface area (Å²) in [4.78, 5) is 15.1. The lowest BCUT2D eigenvalue weighted by atomic mass is 9.89. The number of fused-ring (bicyclic) bond motifs is 1. The minimum Gasteiger partial charge on any atom is -0.325 e. The molecule has 154 valence electrons. The Morgan fingerprint density at radius 2 is 1.93 bits per heavy atom. The number of hydrogen-bond donors (Lipinski definition) is 0. The lowest BCUT2D eigenvalue weighted by Crippen LogP contribution is -2.18. The molecule has 0 saturated heterocycles. The predicted octanol–water partition coefficient (Wildman–Crippen LogP) is 6.51. The minimum atomic E-state index is -0.403. The summed E-state index contributed by atoms with van der Waals surface area (Å²) in [7, 11) is 0. The molecule has 0 radical (unpaired) electrons. The first kappa shape index (κ1) is 23.8. The highest BCUT2D eigenvalue weighted by Gasteiger charge is 2.24. The van der Waals surface area contributed by atoms with E-state index >= 15 is 0 Å². The molecule has 5 heteroatoms. The maximum atomic E-state index is 13.8. The smallest absolute Gasteiger partial charge is 0.152 e. The normalized spacial score (nSPS) is 13.5. The van der Waals surface area contributed by atoms with Crippen molar-refractivity contribution in [2.75, 3.05) is 0 Å². The second kappa shape index (κ2) is 10.4. The zero-order valence-electron chi connectivity index (χ0n) is 18.4. The zero-order valence-corrected chi connectivity index (χ0v) is 18.4. The second-order valence-corrected chi connectivity index (χ2v) is 8.18. The number of aryl methyl sites for hydroxylation is 1. The Balaban J connectivity index is 0.000000306. The van der Waals surface area contributed by atoms with Gasteiger partial charge in [-0.15, -0.1) is 0 Å². The summed E-state index contributed by atoms with van der Waals surface area (Å²) in [6.45, 7) is 14.1. The first-order valence-corrected chi connectivity index (χ1v) is 10.3. The van der Waals surface area contributed by atoms with Crippen molar-refractivity contribution in [2.45, 2.75) is 86.6 Å². The Kier molecular flexibility index (Phi) is 8.81.